The number of nitrogens with one attached hydrogen (secondary N) is 1. The van der Waals surface area contributed by atoms with Crippen LogP contribution in [0, 0.1) is 0 Å². The van der Waals surface area contributed by atoms with Gasteiger partial charge in [0, 0.05) is 37.3 Å². The van der Waals surface area contributed by atoms with E-state index in [9.17, 15) is 0 Å². The Morgan fingerprint density at radius 2 is 2.15 bits per heavy atom. The summed E-state index contributed by atoms with van der Waals surface area (Å²) < 4.78 is 0. The van der Waals surface area contributed by atoms with Crippen LogP contribution in [0.1, 0.15) is 6.42 Å². The fourth-order valence-electron chi connectivity index (χ4n) is 1.87. The summed E-state index contributed by atoms with van der Waals surface area (Å²) in [5.74, 6) is 0. The molecule has 0 radical (unpaired) electrons. The van der Waals surface area contributed by atoms with Gasteiger partial charge in [-0.2, -0.15) is 0 Å². The lowest BCUT2D eigenvalue weighted by molar-refractivity contribution is 0.202. The molecule has 1 N–H and O–H groups in total. The van der Waals surface area contributed by atoms with Crippen LogP contribution in [-0.4, -0.2) is 37.1 Å². The summed E-state index contributed by atoms with van der Waals surface area (Å²) in [4.78, 5) is 2.51. The molecule has 1 heterocycles. The van der Waals surface area contributed by atoms with Crippen molar-refractivity contribution < 1.29 is 0 Å². The minimum atomic E-state index is 0.574. The van der Waals surface area contributed by atoms with Gasteiger partial charge in [-0.05, 0) is 12.5 Å². The van der Waals surface area contributed by atoms with E-state index in [1.54, 1.807) is 0 Å². The van der Waals surface area contributed by atoms with Crippen molar-refractivity contribution in [2.24, 2.45) is 0 Å². The molecule has 3 heteroatoms. The highest BCUT2D eigenvalue weighted by molar-refractivity contribution is 6.31. The van der Waals surface area contributed by atoms with Gasteiger partial charge >= 0.3 is 0 Å². The third-order valence-electron chi connectivity index (χ3n) is 2.65. The van der Waals surface area contributed by atoms with Crippen molar-refractivity contribution in [3.05, 3.63) is 23.3 Å². The molecule has 0 aromatic heterocycles. The van der Waals surface area contributed by atoms with Gasteiger partial charge in [-0.3, -0.25) is 4.90 Å². The van der Waals surface area contributed by atoms with E-state index in [1.165, 1.54) is 0 Å². The Morgan fingerprint density at radius 3 is 2.77 bits per heavy atom. The van der Waals surface area contributed by atoms with Gasteiger partial charge in [-0.1, -0.05) is 23.8 Å². The molecular formula is C10H15ClN2. The van der Waals surface area contributed by atoms with Crippen molar-refractivity contribution in [1.29, 1.82) is 0 Å². The van der Waals surface area contributed by atoms with Crippen LogP contribution in [0.3, 0.4) is 0 Å². The SMILES string of the molecule is ClC1=CC[C@@H](N2CCNCC2)C=C1. The van der Waals surface area contributed by atoms with Crippen molar-refractivity contribution in [2.45, 2.75) is 12.5 Å². The third kappa shape index (κ3) is 2.33. The van der Waals surface area contributed by atoms with Gasteiger partial charge < -0.3 is 5.32 Å². The minimum absolute atomic E-state index is 0.574. The first-order valence-electron chi connectivity index (χ1n) is 4.85. The summed E-state index contributed by atoms with van der Waals surface area (Å²) in [6.07, 6.45) is 7.40. The average molecular weight is 199 g/mol. The molecular weight excluding hydrogens is 184 g/mol. The Morgan fingerprint density at radius 1 is 1.38 bits per heavy atom. The Hall–Kier alpha value is -0.310. The molecule has 2 aliphatic rings. The number of rotatable bonds is 1. The maximum absolute atomic E-state index is 5.86. The highest BCUT2D eigenvalue weighted by atomic mass is 35.5. The molecule has 2 rings (SSSR count). The number of halogens is 1. The van der Waals surface area contributed by atoms with Crippen LogP contribution in [0.25, 0.3) is 0 Å². The lowest BCUT2D eigenvalue weighted by atomic mass is 10.1. The van der Waals surface area contributed by atoms with Gasteiger partial charge in [-0.15, -0.1) is 0 Å². The quantitative estimate of drug-likeness (QED) is 0.684. The molecule has 0 aromatic carbocycles. The summed E-state index contributed by atoms with van der Waals surface area (Å²) in [6.45, 7) is 4.53. The van der Waals surface area contributed by atoms with E-state index < -0.39 is 0 Å². The van der Waals surface area contributed by atoms with Crippen LogP contribution in [0.15, 0.2) is 23.3 Å². The van der Waals surface area contributed by atoms with Crippen LogP contribution in [-0.2, 0) is 0 Å². The van der Waals surface area contributed by atoms with Crippen molar-refractivity contribution in [3.8, 4) is 0 Å². The number of allylic oxidation sites excluding steroid dienone is 2. The predicted molar refractivity (Wildman–Crippen MR) is 55.9 cm³/mol. The average Bonchev–Trinajstić information content (AvgIpc) is 2.20. The summed E-state index contributed by atoms with van der Waals surface area (Å²) in [7, 11) is 0. The Kier molecular flexibility index (Phi) is 3.04. The molecule has 1 aliphatic heterocycles. The maximum atomic E-state index is 5.86. The van der Waals surface area contributed by atoms with Crippen molar-refractivity contribution in [2.75, 3.05) is 26.2 Å². The predicted octanol–water partition coefficient (Wildman–Crippen LogP) is 1.34. The zero-order chi connectivity index (χ0) is 9.10. The molecule has 2 nitrogen and oxygen atoms in total. The van der Waals surface area contributed by atoms with Crippen molar-refractivity contribution >= 4 is 11.6 Å². The number of nitrogens with zero attached hydrogens (tertiary/aromatic N) is 1. The second-order valence-corrected chi connectivity index (χ2v) is 3.97. The van der Waals surface area contributed by atoms with Gasteiger partial charge in [0.25, 0.3) is 0 Å². The van der Waals surface area contributed by atoms with Crippen LogP contribution in [0.5, 0.6) is 0 Å². The fraction of sp³-hybridized carbons (Fsp3) is 0.600. The molecule has 72 valence electrons. The topological polar surface area (TPSA) is 15.3 Å². The minimum Gasteiger partial charge on any atom is -0.314 e. The van der Waals surface area contributed by atoms with Crippen LogP contribution >= 0.6 is 11.6 Å². The fourth-order valence-corrected chi connectivity index (χ4v) is 2.03. The second kappa shape index (κ2) is 4.27. The monoisotopic (exact) mass is 198 g/mol. The molecule has 0 spiro atoms. The van der Waals surface area contributed by atoms with Crippen molar-refractivity contribution in [3.63, 3.8) is 0 Å². The summed E-state index contributed by atoms with van der Waals surface area (Å²) >= 11 is 5.86. The Balaban J connectivity index is 1.91. The first-order chi connectivity index (χ1) is 6.36. The first-order valence-corrected chi connectivity index (χ1v) is 5.23. The first kappa shape index (κ1) is 9.25. The summed E-state index contributed by atoms with van der Waals surface area (Å²) in [5.41, 5.74) is 0. The molecule has 0 amide bonds. The Bertz CT molecular complexity index is 229. The molecule has 1 aliphatic carbocycles. The normalized spacial score (nSPS) is 30.2. The second-order valence-electron chi connectivity index (χ2n) is 3.54. The summed E-state index contributed by atoms with van der Waals surface area (Å²) in [6, 6.07) is 0.574. The molecule has 0 saturated carbocycles. The lowest BCUT2D eigenvalue weighted by Gasteiger charge is -2.33. The van der Waals surface area contributed by atoms with Crippen LogP contribution < -0.4 is 5.32 Å². The third-order valence-corrected chi connectivity index (χ3v) is 2.93. The smallest absolute Gasteiger partial charge is 0.0364 e. The van der Waals surface area contributed by atoms with E-state index in [2.05, 4.69) is 22.4 Å². The molecule has 0 bridgehead atoms. The van der Waals surface area contributed by atoms with Gasteiger partial charge in [0.2, 0.25) is 0 Å². The number of piperazine rings is 1. The van der Waals surface area contributed by atoms with Gasteiger partial charge in [0.05, 0.1) is 0 Å². The van der Waals surface area contributed by atoms with Crippen molar-refractivity contribution in [1.82, 2.24) is 10.2 Å². The summed E-state index contributed by atoms with van der Waals surface area (Å²) in [5, 5.41) is 4.24. The zero-order valence-electron chi connectivity index (χ0n) is 7.67. The van der Waals surface area contributed by atoms with E-state index >= 15 is 0 Å². The molecule has 0 aromatic rings. The standard InChI is InChI=1S/C10H15ClN2/c11-9-1-3-10(4-2-9)13-7-5-12-6-8-13/h1-3,10,12H,4-8H2/t10-/m0/s1. The Labute approximate surface area is 84.2 Å². The van der Waals surface area contributed by atoms with E-state index in [1.807, 2.05) is 6.08 Å². The van der Waals surface area contributed by atoms with E-state index in [0.29, 0.717) is 6.04 Å². The molecule has 1 atom stereocenters. The molecule has 13 heavy (non-hydrogen) atoms. The maximum Gasteiger partial charge on any atom is 0.0364 e. The van der Waals surface area contributed by atoms with E-state index in [-0.39, 0.29) is 0 Å². The highest BCUT2D eigenvalue weighted by Gasteiger charge is 2.18. The zero-order valence-corrected chi connectivity index (χ0v) is 8.43. The number of hydrogen-bond acceptors (Lipinski definition) is 2. The van der Waals surface area contributed by atoms with Crippen LogP contribution in [0.4, 0.5) is 0 Å². The van der Waals surface area contributed by atoms with Crippen LogP contribution in [0.2, 0.25) is 0 Å². The van der Waals surface area contributed by atoms with Gasteiger partial charge in [0.15, 0.2) is 0 Å². The number of hydrogen-bond donors (Lipinski definition) is 1. The molecule has 0 unspecified atom stereocenters. The van der Waals surface area contributed by atoms with Gasteiger partial charge in [0.1, 0.15) is 0 Å². The van der Waals surface area contributed by atoms with Gasteiger partial charge in [-0.25, -0.2) is 0 Å². The molecule has 1 fully saturated rings. The van der Waals surface area contributed by atoms with E-state index in [0.717, 1.165) is 37.6 Å². The van der Waals surface area contributed by atoms with E-state index in [4.69, 9.17) is 11.6 Å². The highest BCUT2D eigenvalue weighted by Crippen LogP contribution is 2.18. The largest absolute Gasteiger partial charge is 0.314 e. The lowest BCUT2D eigenvalue weighted by Crippen LogP contribution is -2.47. The molecule has 1 saturated heterocycles.